The minimum Gasteiger partial charge on any atom is -0.488 e. The lowest BCUT2D eigenvalue weighted by Gasteiger charge is -2.34. The van der Waals surface area contributed by atoms with Crippen LogP contribution >= 0.6 is 0 Å². The zero-order chi connectivity index (χ0) is 17.6. The van der Waals surface area contributed by atoms with Gasteiger partial charge in [-0.3, -0.25) is 4.79 Å². The van der Waals surface area contributed by atoms with Gasteiger partial charge in [-0.2, -0.15) is 0 Å². The van der Waals surface area contributed by atoms with Gasteiger partial charge in [0.2, 0.25) is 0 Å². The summed E-state index contributed by atoms with van der Waals surface area (Å²) >= 11 is 0. The van der Waals surface area contributed by atoms with Gasteiger partial charge in [0.1, 0.15) is 30.0 Å². The number of hydrogen-bond donors (Lipinski definition) is 1. The van der Waals surface area contributed by atoms with Crippen molar-refractivity contribution < 1.29 is 14.6 Å². The molecule has 1 saturated carbocycles. The van der Waals surface area contributed by atoms with E-state index in [0.717, 1.165) is 31.4 Å². The number of carbonyl (C=O) groups excluding carboxylic acids is 1. The predicted octanol–water partition coefficient (Wildman–Crippen LogP) is 2.30. The van der Waals surface area contributed by atoms with Gasteiger partial charge in [-0.15, -0.1) is 0 Å². The largest absolute Gasteiger partial charge is 0.488 e. The van der Waals surface area contributed by atoms with Crippen molar-refractivity contribution >= 4 is 5.91 Å². The van der Waals surface area contributed by atoms with E-state index in [0.29, 0.717) is 5.69 Å². The summed E-state index contributed by atoms with van der Waals surface area (Å²) in [7, 11) is 1.71. The molecule has 3 atom stereocenters. The molecule has 0 unspecified atom stereocenters. The van der Waals surface area contributed by atoms with E-state index < -0.39 is 6.10 Å². The first-order valence-electron chi connectivity index (χ1n) is 8.60. The van der Waals surface area contributed by atoms with Crippen molar-refractivity contribution in [3.05, 3.63) is 54.6 Å². The highest BCUT2D eigenvalue weighted by Gasteiger charge is 2.36. The molecule has 0 bridgehead atoms. The zero-order valence-electron chi connectivity index (χ0n) is 14.3. The number of aliphatic hydroxyl groups excluding tert-OH is 1. The highest BCUT2D eigenvalue weighted by molar-refractivity contribution is 5.92. The number of likely N-dealkylation sites (N-methyl/N-ethyl adjacent to an activating group) is 1. The Morgan fingerprint density at radius 1 is 1.20 bits per heavy atom. The van der Waals surface area contributed by atoms with Gasteiger partial charge in [0.25, 0.3) is 5.91 Å². The number of aliphatic hydroxyl groups is 1. The summed E-state index contributed by atoms with van der Waals surface area (Å²) in [6.45, 7) is 0. The van der Waals surface area contributed by atoms with Gasteiger partial charge in [-0.1, -0.05) is 24.6 Å². The lowest BCUT2D eigenvalue weighted by molar-refractivity contribution is -0.0144. The van der Waals surface area contributed by atoms with Gasteiger partial charge >= 0.3 is 0 Å². The third kappa shape index (κ3) is 4.14. The van der Waals surface area contributed by atoms with Crippen LogP contribution in [0.3, 0.4) is 0 Å². The van der Waals surface area contributed by atoms with Gasteiger partial charge in [0, 0.05) is 13.2 Å². The van der Waals surface area contributed by atoms with Crippen LogP contribution in [0.25, 0.3) is 0 Å². The van der Waals surface area contributed by atoms with Crippen LogP contribution in [0.1, 0.15) is 36.2 Å². The molecule has 0 saturated heterocycles. The van der Waals surface area contributed by atoms with E-state index in [1.807, 2.05) is 30.3 Å². The van der Waals surface area contributed by atoms with Crippen LogP contribution in [-0.2, 0) is 0 Å². The molecule has 1 aliphatic rings. The van der Waals surface area contributed by atoms with Crippen molar-refractivity contribution in [3.8, 4) is 5.75 Å². The fraction of sp³-hybridized carbons (Fsp3) is 0.421. The summed E-state index contributed by atoms with van der Waals surface area (Å²) in [6, 6.07) is 10.8. The summed E-state index contributed by atoms with van der Waals surface area (Å²) in [6.07, 6.45) is 5.21. The maximum atomic E-state index is 12.7. The van der Waals surface area contributed by atoms with Crippen LogP contribution in [0, 0.1) is 0 Å². The second-order valence-corrected chi connectivity index (χ2v) is 6.32. The number of carbonyl (C=O) groups is 1. The lowest BCUT2D eigenvalue weighted by atomic mass is 10.0. The first kappa shape index (κ1) is 17.4. The number of benzene rings is 1. The molecule has 6 heteroatoms. The Labute approximate surface area is 147 Å². The van der Waals surface area contributed by atoms with E-state index in [-0.39, 0.29) is 18.1 Å². The van der Waals surface area contributed by atoms with Crippen LogP contribution in [0.5, 0.6) is 5.75 Å². The van der Waals surface area contributed by atoms with Crippen LogP contribution in [0.15, 0.2) is 48.9 Å². The molecule has 1 N–H and O–H groups in total. The average molecular weight is 341 g/mol. The van der Waals surface area contributed by atoms with E-state index in [2.05, 4.69) is 9.97 Å². The maximum Gasteiger partial charge on any atom is 0.272 e. The van der Waals surface area contributed by atoms with E-state index >= 15 is 0 Å². The molecule has 1 aromatic heterocycles. The first-order chi connectivity index (χ1) is 12.2. The molecule has 1 fully saturated rings. The number of ether oxygens (including phenoxy) is 1. The number of amides is 1. The van der Waals surface area contributed by atoms with Crippen LogP contribution in [0.2, 0.25) is 0 Å². The predicted molar refractivity (Wildman–Crippen MR) is 93.2 cm³/mol. The molecule has 25 heavy (non-hydrogen) atoms. The fourth-order valence-corrected chi connectivity index (χ4v) is 3.26. The fourth-order valence-electron chi connectivity index (χ4n) is 3.26. The molecule has 3 rings (SSSR count). The number of hydrogen-bond acceptors (Lipinski definition) is 5. The van der Waals surface area contributed by atoms with Gasteiger partial charge in [0.15, 0.2) is 0 Å². The molecule has 0 spiro atoms. The summed E-state index contributed by atoms with van der Waals surface area (Å²) in [5, 5.41) is 10.9. The van der Waals surface area contributed by atoms with Crippen molar-refractivity contribution in [1.82, 2.24) is 14.9 Å². The van der Waals surface area contributed by atoms with Crippen molar-refractivity contribution in [1.29, 1.82) is 0 Å². The Hall–Kier alpha value is -2.47. The summed E-state index contributed by atoms with van der Waals surface area (Å²) in [5.41, 5.74) is 0.328. The molecule has 0 aliphatic heterocycles. The Balaban J connectivity index is 1.74. The molecular weight excluding hydrogens is 318 g/mol. The van der Waals surface area contributed by atoms with Crippen LogP contribution in [0.4, 0.5) is 0 Å². The number of rotatable bonds is 4. The zero-order valence-corrected chi connectivity index (χ0v) is 14.3. The van der Waals surface area contributed by atoms with Crippen molar-refractivity contribution in [2.75, 3.05) is 7.05 Å². The Kier molecular flexibility index (Phi) is 5.60. The summed E-state index contributed by atoms with van der Waals surface area (Å²) < 4.78 is 6.00. The molecule has 6 nitrogen and oxygen atoms in total. The van der Waals surface area contributed by atoms with E-state index in [1.165, 1.54) is 6.33 Å². The molecule has 0 radical (unpaired) electrons. The molecule has 1 aromatic carbocycles. The van der Waals surface area contributed by atoms with Crippen LogP contribution < -0.4 is 4.74 Å². The third-order valence-electron chi connectivity index (χ3n) is 4.66. The molecule has 1 amide bonds. The smallest absolute Gasteiger partial charge is 0.272 e. The highest BCUT2D eigenvalue weighted by atomic mass is 16.5. The number of para-hydroxylation sites is 1. The summed E-state index contributed by atoms with van der Waals surface area (Å²) in [4.78, 5) is 22.1. The van der Waals surface area contributed by atoms with Crippen molar-refractivity contribution in [3.63, 3.8) is 0 Å². The van der Waals surface area contributed by atoms with Gasteiger partial charge in [-0.25, -0.2) is 9.97 Å². The van der Waals surface area contributed by atoms with Crippen molar-refractivity contribution in [2.24, 2.45) is 0 Å². The topological polar surface area (TPSA) is 75.6 Å². The maximum absolute atomic E-state index is 12.7. The molecule has 132 valence electrons. The third-order valence-corrected chi connectivity index (χ3v) is 4.66. The minimum absolute atomic E-state index is 0.216. The molecular formula is C19H23N3O3. The number of nitrogens with zero attached hydrogens (tertiary/aromatic N) is 3. The highest BCUT2D eigenvalue weighted by Crippen LogP contribution is 2.26. The standard InChI is InChI=1S/C19H23N3O3/c1-22(19(24)15-11-12-20-13-21-15)16-9-5-6-10-17(18(16)23)25-14-7-3-2-4-8-14/h2-4,7-8,11-13,16-18,23H,5-6,9-10H2,1H3/t16-,17-,18-/m1/s1. The lowest BCUT2D eigenvalue weighted by Crippen LogP contribution is -2.50. The van der Waals surface area contributed by atoms with E-state index in [9.17, 15) is 9.90 Å². The van der Waals surface area contributed by atoms with Gasteiger partial charge in [-0.05, 0) is 37.5 Å². The molecule has 1 aliphatic carbocycles. The van der Waals surface area contributed by atoms with Gasteiger partial charge in [0.05, 0.1) is 6.04 Å². The second kappa shape index (κ2) is 8.07. The Morgan fingerprint density at radius 3 is 2.68 bits per heavy atom. The van der Waals surface area contributed by atoms with Gasteiger partial charge < -0.3 is 14.7 Å². The van der Waals surface area contributed by atoms with E-state index in [1.54, 1.807) is 24.2 Å². The quantitative estimate of drug-likeness (QED) is 0.864. The number of aromatic nitrogens is 2. The minimum atomic E-state index is -0.751. The summed E-state index contributed by atoms with van der Waals surface area (Å²) in [5.74, 6) is 0.517. The monoisotopic (exact) mass is 341 g/mol. The van der Waals surface area contributed by atoms with Crippen molar-refractivity contribution in [2.45, 2.75) is 43.9 Å². The first-order valence-corrected chi connectivity index (χ1v) is 8.60. The Morgan fingerprint density at radius 2 is 1.96 bits per heavy atom. The molecule has 1 heterocycles. The Bertz CT molecular complexity index is 681. The SMILES string of the molecule is CN(C(=O)c1ccncn1)[C@@H]1CCCC[C@@H](Oc2ccccc2)[C@@H]1O. The normalized spacial score (nSPS) is 23.5. The molecule has 2 aromatic rings. The van der Waals surface area contributed by atoms with E-state index in [4.69, 9.17) is 4.74 Å². The van der Waals surface area contributed by atoms with Crippen LogP contribution in [-0.4, -0.2) is 51.2 Å². The second-order valence-electron chi connectivity index (χ2n) is 6.32. The average Bonchev–Trinajstić information content (AvgIpc) is 2.84.